The van der Waals surface area contributed by atoms with Crippen molar-refractivity contribution in [2.45, 2.75) is 69.6 Å². The van der Waals surface area contributed by atoms with Gasteiger partial charge in [-0.3, -0.25) is 4.99 Å². The first-order valence-electron chi connectivity index (χ1n) is 10.7. The maximum atomic E-state index is 6.50. The molecule has 0 amide bonds. The summed E-state index contributed by atoms with van der Waals surface area (Å²) >= 11 is 0. The topological polar surface area (TPSA) is 48.9 Å². The van der Waals surface area contributed by atoms with Crippen molar-refractivity contribution in [3.8, 4) is 5.75 Å². The number of hydrogen-bond acceptors (Lipinski definition) is 3. The molecule has 1 aromatic carbocycles. The molecule has 2 aliphatic heterocycles. The lowest BCUT2D eigenvalue weighted by atomic mass is 9.86. The Morgan fingerprint density at radius 1 is 1.26 bits per heavy atom. The first-order chi connectivity index (χ1) is 13.2. The van der Waals surface area contributed by atoms with Gasteiger partial charge in [-0.1, -0.05) is 18.2 Å². The summed E-state index contributed by atoms with van der Waals surface area (Å²) in [6, 6.07) is 9.35. The summed E-state index contributed by atoms with van der Waals surface area (Å²) in [6.45, 7) is 5.07. The fraction of sp³-hybridized carbons (Fsp3) is 0.682. The van der Waals surface area contributed by atoms with Crippen molar-refractivity contribution in [2.24, 2.45) is 4.99 Å². The first kappa shape index (κ1) is 18.6. The number of benzene rings is 1. The van der Waals surface area contributed by atoms with Gasteiger partial charge in [0.15, 0.2) is 5.96 Å². The first-order valence-corrected chi connectivity index (χ1v) is 10.7. The molecular weight excluding hydrogens is 336 g/mol. The second-order valence-corrected chi connectivity index (χ2v) is 8.43. The highest BCUT2D eigenvalue weighted by Crippen LogP contribution is 2.46. The minimum absolute atomic E-state index is 0.00894. The number of guanidine groups is 1. The molecule has 4 rings (SSSR count). The number of rotatable bonds is 4. The molecule has 2 heterocycles. The van der Waals surface area contributed by atoms with Gasteiger partial charge in [0, 0.05) is 24.6 Å². The second-order valence-electron chi connectivity index (χ2n) is 8.43. The lowest BCUT2D eigenvalue weighted by molar-refractivity contribution is 0.0396. The van der Waals surface area contributed by atoms with Gasteiger partial charge in [-0.25, -0.2) is 0 Å². The Morgan fingerprint density at radius 2 is 2.07 bits per heavy atom. The molecule has 0 aromatic heterocycles. The zero-order chi connectivity index (χ0) is 18.7. The molecule has 5 nitrogen and oxygen atoms in total. The largest absolute Gasteiger partial charge is 0.487 e. The van der Waals surface area contributed by atoms with Crippen LogP contribution in [-0.2, 0) is 0 Å². The lowest BCUT2D eigenvalue weighted by Crippen LogP contribution is -2.47. The van der Waals surface area contributed by atoms with E-state index < -0.39 is 0 Å². The van der Waals surface area contributed by atoms with E-state index in [9.17, 15) is 0 Å². The van der Waals surface area contributed by atoms with E-state index in [1.165, 1.54) is 50.6 Å². The molecule has 2 atom stereocenters. The van der Waals surface area contributed by atoms with E-state index in [1.54, 1.807) is 0 Å². The molecule has 0 bridgehead atoms. The molecule has 1 saturated heterocycles. The summed E-state index contributed by atoms with van der Waals surface area (Å²) < 4.78 is 6.50. The van der Waals surface area contributed by atoms with Crippen LogP contribution in [-0.4, -0.2) is 49.2 Å². The molecule has 1 aromatic rings. The number of nitrogens with zero attached hydrogens (tertiary/aromatic N) is 2. The fourth-order valence-electron chi connectivity index (χ4n) is 4.96. The number of likely N-dealkylation sites (tertiary alicyclic amines) is 1. The normalized spacial score (nSPS) is 27.4. The third-order valence-corrected chi connectivity index (χ3v) is 6.50. The van der Waals surface area contributed by atoms with E-state index in [2.05, 4.69) is 53.8 Å². The average molecular weight is 371 g/mol. The van der Waals surface area contributed by atoms with E-state index in [4.69, 9.17) is 9.73 Å². The number of aliphatic imine (C=N–C) groups is 1. The summed E-state index contributed by atoms with van der Waals surface area (Å²) in [6.07, 6.45) is 8.45. The van der Waals surface area contributed by atoms with Gasteiger partial charge in [-0.2, -0.15) is 0 Å². The average Bonchev–Trinajstić information content (AvgIpc) is 3.29. The van der Waals surface area contributed by atoms with Crippen LogP contribution in [0.15, 0.2) is 29.3 Å². The van der Waals surface area contributed by atoms with Crippen LogP contribution >= 0.6 is 0 Å². The Bertz CT molecular complexity index is 668. The van der Waals surface area contributed by atoms with Crippen LogP contribution < -0.4 is 15.4 Å². The fourth-order valence-corrected chi connectivity index (χ4v) is 4.96. The van der Waals surface area contributed by atoms with Crippen molar-refractivity contribution in [3.63, 3.8) is 0 Å². The van der Waals surface area contributed by atoms with Crippen molar-refractivity contribution in [2.75, 3.05) is 26.7 Å². The molecule has 1 spiro atoms. The third-order valence-electron chi connectivity index (χ3n) is 6.50. The summed E-state index contributed by atoms with van der Waals surface area (Å²) in [5.74, 6) is 1.99. The predicted molar refractivity (Wildman–Crippen MR) is 110 cm³/mol. The van der Waals surface area contributed by atoms with Gasteiger partial charge < -0.3 is 20.3 Å². The third kappa shape index (κ3) is 4.08. The summed E-state index contributed by atoms with van der Waals surface area (Å²) in [7, 11) is 2.21. The number of likely N-dealkylation sites (N-methyl/N-ethyl adjacent to an activating group) is 1. The standard InChI is InChI=1S/C22H34N4O/c1-3-23-21(24-16-17-9-8-14-26(17)2)25-19-15-22(12-6-7-13-22)27-20-11-5-4-10-18(19)20/h4-5,10-11,17,19H,3,6-9,12-16H2,1-2H3,(H2,23,24,25). The van der Waals surface area contributed by atoms with Crippen LogP contribution in [0.3, 0.4) is 0 Å². The van der Waals surface area contributed by atoms with Crippen LogP contribution in [0, 0.1) is 0 Å². The highest BCUT2D eigenvalue weighted by atomic mass is 16.5. The van der Waals surface area contributed by atoms with E-state index in [0.717, 1.165) is 31.2 Å². The zero-order valence-corrected chi connectivity index (χ0v) is 16.8. The molecule has 2 fully saturated rings. The van der Waals surface area contributed by atoms with E-state index in [-0.39, 0.29) is 11.6 Å². The minimum atomic E-state index is 0.00894. The maximum Gasteiger partial charge on any atom is 0.191 e. The number of ether oxygens (including phenoxy) is 1. The Kier molecular flexibility index (Phi) is 5.58. The van der Waals surface area contributed by atoms with Crippen molar-refractivity contribution in [1.82, 2.24) is 15.5 Å². The SMILES string of the molecule is CCNC(=NCC1CCCN1C)NC1CC2(CCCC2)Oc2ccccc21. The monoisotopic (exact) mass is 370 g/mol. The Morgan fingerprint density at radius 3 is 2.81 bits per heavy atom. The maximum absolute atomic E-state index is 6.50. The van der Waals surface area contributed by atoms with E-state index in [1.807, 2.05) is 0 Å². The van der Waals surface area contributed by atoms with E-state index >= 15 is 0 Å². The molecule has 1 aliphatic carbocycles. The van der Waals surface area contributed by atoms with Gasteiger partial charge in [0.1, 0.15) is 11.4 Å². The van der Waals surface area contributed by atoms with Crippen LogP contribution in [0.25, 0.3) is 0 Å². The molecule has 148 valence electrons. The lowest BCUT2D eigenvalue weighted by Gasteiger charge is -2.40. The summed E-state index contributed by atoms with van der Waals surface area (Å²) in [5, 5.41) is 7.20. The van der Waals surface area contributed by atoms with Crippen molar-refractivity contribution >= 4 is 5.96 Å². The van der Waals surface area contributed by atoms with Gasteiger partial charge in [0.05, 0.1) is 12.6 Å². The molecule has 2 unspecified atom stereocenters. The predicted octanol–water partition coefficient (Wildman–Crippen LogP) is 3.47. The number of nitrogens with one attached hydrogen (secondary N) is 2. The van der Waals surface area contributed by atoms with Gasteiger partial charge in [0.25, 0.3) is 0 Å². The molecule has 27 heavy (non-hydrogen) atoms. The molecule has 5 heteroatoms. The van der Waals surface area contributed by atoms with Crippen LogP contribution in [0.5, 0.6) is 5.75 Å². The minimum Gasteiger partial charge on any atom is -0.487 e. The molecule has 0 radical (unpaired) electrons. The van der Waals surface area contributed by atoms with Crippen molar-refractivity contribution in [1.29, 1.82) is 0 Å². The van der Waals surface area contributed by atoms with Crippen LogP contribution in [0.2, 0.25) is 0 Å². The van der Waals surface area contributed by atoms with Crippen molar-refractivity contribution in [3.05, 3.63) is 29.8 Å². The summed E-state index contributed by atoms with van der Waals surface area (Å²) in [4.78, 5) is 7.37. The number of fused-ring (bicyclic) bond motifs is 1. The quantitative estimate of drug-likeness (QED) is 0.629. The van der Waals surface area contributed by atoms with Crippen molar-refractivity contribution < 1.29 is 4.74 Å². The van der Waals surface area contributed by atoms with Crippen LogP contribution in [0.1, 0.15) is 63.5 Å². The van der Waals surface area contributed by atoms with Gasteiger partial charge in [-0.15, -0.1) is 0 Å². The molecule has 3 aliphatic rings. The Balaban J connectivity index is 1.52. The number of hydrogen-bond donors (Lipinski definition) is 2. The van der Waals surface area contributed by atoms with Crippen LogP contribution in [0.4, 0.5) is 0 Å². The molecule has 2 N–H and O–H groups in total. The van der Waals surface area contributed by atoms with Gasteiger partial charge >= 0.3 is 0 Å². The highest BCUT2D eigenvalue weighted by molar-refractivity contribution is 5.80. The molecule has 1 saturated carbocycles. The van der Waals surface area contributed by atoms with Gasteiger partial charge in [0.2, 0.25) is 0 Å². The molecular formula is C22H34N4O. The highest BCUT2D eigenvalue weighted by Gasteiger charge is 2.43. The van der Waals surface area contributed by atoms with E-state index in [0.29, 0.717) is 6.04 Å². The Hall–Kier alpha value is -1.75. The zero-order valence-electron chi connectivity index (χ0n) is 16.8. The smallest absolute Gasteiger partial charge is 0.191 e. The number of para-hydroxylation sites is 1. The summed E-state index contributed by atoms with van der Waals surface area (Å²) in [5.41, 5.74) is 1.27. The van der Waals surface area contributed by atoms with Gasteiger partial charge in [-0.05, 0) is 65.1 Å². The Labute approximate surface area is 163 Å². The second kappa shape index (κ2) is 8.09.